The Balaban J connectivity index is 2.37. The fourth-order valence-corrected chi connectivity index (χ4v) is 3.12. The van der Waals surface area contributed by atoms with Crippen LogP contribution in [0.15, 0.2) is 0 Å². The average Bonchev–Trinajstić information content (AvgIpc) is 2.73. The van der Waals surface area contributed by atoms with E-state index in [9.17, 15) is 9.90 Å². The van der Waals surface area contributed by atoms with Crippen LogP contribution in [0.5, 0.6) is 0 Å². The van der Waals surface area contributed by atoms with Gasteiger partial charge in [-0.15, -0.1) is 11.3 Å². The van der Waals surface area contributed by atoms with Gasteiger partial charge in [0.15, 0.2) is 5.13 Å². The minimum absolute atomic E-state index is 0.694. The normalized spacial score (nSPS) is 25.1. The molecule has 1 fully saturated rings. The van der Waals surface area contributed by atoms with E-state index in [0.717, 1.165) is 28.7 Å². The fourth-order valence-electron chi connectivity index (χ4n) is 2.06. The third kappa shape index (κ3) is 1.59. The van der Waals surface area contributed by atoms with Crippen molar-refractivity contribution in [3.63, 3.8) is 0 Å². The molecule has 1 aliphatic heterocycles. The standard InChI is InChI=1S/C11H16N2O2S/c1-7-8(2)16-10(12-7)13-6-4-5-11(13,3)9(14)15/h4-6H2,1-3H3,(H,14,15). The van der Waals surface area contributed by atoms with Crippen molar-refractivity contribution >= 4 is 22.4 Å². The number of carboxylic acids is 1. The van der Waals surface area contributed by atoms with E-state index in [-0.39, 0.29) is 0 Å². The van der Waals surface area contributed by atoms with Crippen molar-refractivity contribution in [1.29, 1.82) is 0 Å². The van der Waals surface area contributed by atoms with Crippen LogP contribution in [0.1, 0.15) is 30.3 Å². The first-order valence-electron chi connectivity index (χ1n) is 5.40. The summed E-state index contributed by atoms with van der Waals surface area (Å²) in [6.07, 6.45) is 1.61. The van der Waals surface area contributed by atoms with E-state index < -0.39 is 11.5 Å². The molecule has 2 rings (SSSR count). The zero-order valence-corrected chi connectivity index (χ0v) is 10.6. The highest BCUT2D eigenvalue weighted by molar-refractivity contribution is 7.15. The molecule has 1 aromatic rings. The lowest BCUT2D eigenvalue weighted by atomic mass is 10.00. The van der Waals surface area contributed by atoms with Crippen molar-refractivity contribution in [3.8, 4) is 0 Å². The Morgan fingerprint density at radius 2 is 2.25 bits per heavy atom. The lowest BCUT2D eigenvalue weighted by Gasteiger charge is -2.30. The first-order valence-corrected chi connectivity index (χ1v) is 6.22. The minimum Gasteiger partial charge on any atom is -0.480 e. The van der Waals surface area contributed by atoms with Gasteiger partial charge in [0.25, 0.3) is 0 Å². The number of nitrogens with zero attached hydrogens (tertiary/aromatic N) is 2. The zero-order valence-electron chi connectivity index (χ0n) is 9.78. The number of anilines is 1. The van der Waals surface area contributed by atoms with Gasteiger partial charge in [-0.05, 0) is 33.6 Å². The number of rotatable bonds is 2. The molecule has 4 nitrogen and oxygen atoms in total. The zero-order chi connectivity index (χ0) is 11.9. The van der Waals surface area contributed by atoms with E-state index in [4.69, 9.17) is 0 Å². The third-order valence-electron chi connectivity index (χ3n) is 3.35. The van der Waals surface area contributed by atoms with Crippen LogP contribution in [0.25, 0.3) is 0 Å². The number of aryl methyl sites for hydroxylation is 2. The van der Waals surface area contributed by atoms with Crippen molar-refractivity contribution in [3.05, 3.63) is 10.6 Å². The van der Waals surface area contributed by atoms with Crippen molar-refractivity contribution in [2.45, 2.75) is 39.2 Å². The van der Waals surface area contributed by atoms with Crippen molar-refractivity contribution in [2.75, 3.05) is 11.4 Å². The lowest BCUT2D eigenvalue weighted by molar-refractivity contribution is -0.142. The second kappa shape index (κ2) is 3.73. The van der Waals surface area contributed by atoms with Gasteiger partial charge in [-0.25, -0.2) is 9.78 Å². The molecule has 0 saturated carbocycles. The number of hydrogen-bond donors (Lipinski definition) is 1. The van der Waals surface area contributed by atoms with Gasteiger partial charge in [-0.2, -0.15) is 0 Å². The van der Waals surface area contributed by atoms with Crippen molar-refractivity contribution in [2.24, 2.45) is 0 Å². The highest BCUT2D eigenvalue weighted by Gasteiger charge is 2.44. The molecule has 0 aromatic carbocycles. The molecule has 0 aliphatic carbocycles. The molecule has 0 radical (unpaired) electrons. The van der Waals surface area contributed by atoms with Gasteiger partial charge in [-0.1, -0.05) is 0 Å². The van der Waals surface area contributed by atoms with E-state index in [1.165, 1.54) is 0 Å². The summed E-state index contributed by atoms with van der Waals surface area (Å²) in [5.41, 5.74) is 0.219. The smallest absolute Gasteiger partial charge is 0.329 e. The van der Waals surface area contributed by atoms with Gasteiger partial charge in [-0.3, -0.25) is 0 Å². The van der Waals surface area contributed by atoms with Crippen LogP contribution < -0.4 is 4.90 Å². The average molecular weight is 240 g/mol. The Kier molecular flexibility index (Phi) is 2.66. The molecule has 1 saturated heterocycles. The number of thiazole rings is 1. The molecule has 0 bridgehead atoms. The largest absolute Gasteiger partial charge is 0.480 e. The maximum atomic E-state index is 11.3. The number of hydrogen-bond acceptors (Lipinski definition) is 4. The second-order valence-corrected chi connectivity index (χ2v) is 5.65. The Labute approximate surface area is 98.9 Å². The first kappa shape index (κ1) is 11.4. The molecule has 88 valence electrons. The van der Waals surface area contributed by atoms with E-state index in [0.29, 0.717) is 6.42 Å². The number of aliphatic carboxylic acids is 1. The molecule has 2 heterocycles. The molecule has 1 aliphatic rings. The molecular formula is C11H16N2O2S. The van der Waals surface area contributed by atoms with Gasteiger partial charge >= 0.3 is 5.97 Å². The molecule has 5 heteroatoms. The Morgan fingerprint density at radius 1 is 1.56 bits per heavy atom. The van der Waals surface area contributed by atoms with Gasteiger partial charge in [0.2, 0.25) is 0 Å². The quantitative estimate of drug-likeness (QED) is 0.861. The maximum Gasteiger partial charge on any atom is 0.329 e. The van der Waals surface area contributed by atoms with E-state index in [2.05, 4.69) is 4.98 Å². The van der Waals surface area contributed by atoms with Crippen LogP contribution in [0.3, 0.4) is 0 Å². The summed E-state index contributed by atoms with van der Waals surface area (Å²) in [6.45, 7) is 6.55. The van der Waals surface area contributed by atoms with Crippen LogP contribution in [0.4, 0.5) is 5.13 Å². The van der Waals surface area contributed by atoms with Crippen LogP contribution >= 0.6 is 11.3 Å². The maximum absolute atomic E-state index is 11.3. The molecule has 1 N–H and O–H groups in total. The van der Waals surface area contributed by atoms with Gasteiger partial charge in [0, 0.05) is 11.4 Å². The third-order valence-corrected chi connectivity index (χ3v) is 4.45. The summed E-state index contributed by atoms with van der Waals surface area (Å²) < 4.78 is 0. The van der Waals surface area contributed by atoms with Gasteiger partial charge in [0.05, 0.1) is 5.69 Å². The highest BCUT2D eigenvalue weighted by Crippen LogP contribution is 2.37. The van der Waals surface area contributed by atoms with Gasteiger partial charge < -0.3 is 10.0 Å². The predicted octanol–water partition coefficient (Wildman–Crippen LogP) is 2.20. The van der Waals surface area contributed by atoms with Crippen LogP contribution in [0, 0.1) is 13.8 Å². The summed E-state index contributed by atoms with van der Waals surface area (Å²) in [5, 5.41) is 10.2. The molecule has 1 aromatic heterocycles. The first-order chi connectivity index (χ1) is 7.45. The van der Waals surface area contributed by atoms with E-state index in [1.54, 1.807) is 18.3 Å². The van der Waals surface area contributed by atoms with Gasteiger partial charge in [0.1, 0.15) is 5.54 Å². The monoisotopic (exact) mass is 240 g/mol. The molecule has 1 atom stereocenters. The van der Waals surface area contributed by atoms with Crippen LogP contribution in [-0.4, -0.2) is 28.1 Å². The molecule has 0 amide bonds. The van der Waals surface area contributed by atoms with Crippen molar-refractivity contribution in [1.82, 2.24) is 4.98 Å². The molecule has 0 spiro atoms. The van der Waals surface area contributed by atoms with Crippen LogP contribution in [0.2, 0.25) is 0 Å². The summed E-state index contributed by atoms with van der Waals surface area (Å²) in [4.78, 5) is 18.9. The van der Waals surface area contributed by atoms with Crippen LogP contribution in [-0.2, 0) is 4.79 Å². The number of carbonyl (C=O) groups is 1. The number of carboxylic acid groups (broad SMARTS) is 1. The Bertz CT molecular complexity index is 410. The fraction of sp³-hybridized carbons (Fsp3) is 0.636. The molecular weight excluding hydrogens is 224 g/mol. The van der Waals surface area contributed by atoms with E-state index >= 15 is 0 Å². The lowest BCUT2D eigenvalue weighted by Crippen LogP contribution is -2.48. The summed E-state index contributed by atoms with van der Waals surface area (Å²) in [5.74, 6) is -0.754. The SMILES string of the molecule is Cc1nc(N2CCCC2(C)C(=O)O)sc1C. The minimum atomic E-state index is -0.781. The Hall–Kier alpha value is -1.10. The molecule has 16 heavy (non-hydrogen) atoms. The summed E-state index contributed by atoms with van der Waals surface area (Å²) in [7, 11) is 0. The topological polar surface area (TPSA) is 53.4 Å². The Morgan fingerprint density at radius 3 is 2.75 bits per heavy atom. The molecule has 1 unspecified atom stereocenters. The highest BCUT2D eigenvalue weighted by atomic mass is 32.1. The van der Waals surface area contributed by atoms with E-state index in [1.807, 2.05) is 18.7 Å². The second-order valence-electron chi connectivity index (χ2n) is 4.47. The summed E-state index contributed by atoms with van der Waals surface area (Å²) in [6, 6.07) is 0. The van der Waals surface area contributed by atoms with Crippen molar-refractivity contribution < 1.29 is 9.90 Å². The number of aromatic nitrogens is 1. The predicted molar refractivity (Wildman–Crippen MR) is 64.2 cm³/mol. The summed E-state index contributed by atoms with van der Waals surface area (Å²) >= 11 is 1.58.